The van der Waals surface area contributed by atoms with Gasteiger partial charge in [-0.15, -0.1) is 0 Å². The van der Waals surface area contributed by atoms with Gasteiger partial charge in [-0.05, 0) is 33.7 Å². The summed E-state index contributed by atoms with van der Waals surface area (Å²) in [6.45, 7) is 0. The van der Waals surface area contributed by atoms with E-state index in [-0.39, 0.29) is 0 Å². The summed E-state index contributed by atoms with van der Waals surface area (Å²) in [6.07, 6.45) is -5.71. The number of halogens is 9. The number of rotatable bonds is 2. The van der Waals surface area contributed by atoms with Crippen LogP contribution in [0.1, 0.15) is 5.56 Å². The molecule has 0 aliphatic heterocycles. The van der Waals surface area contributed by atoms with Crippen molar-refractivity contribution in [1.29, 1.82) is 0 Å². The van der Waals surface area contributed by atoms with Crippen molar-refractivity contribution >= 4 is 50.2 Å². The number of hydrogen-bond donors (Lipinski definition) is 0. The molecule has 0 saturated carbocycles. The fourth-order valence-electron chi connectivity index (χ4n) is 1.26. The van der Waals surface area contributed by atoms with E-state index in [4.69, 9.17) is 33.7 Å². The van der Waals surface area contributed by atoms with Crippen molar-refractivity contribution in [2.45, 2.75) is 6.18 Å². The second-order valence-corrected chi connectivity index (χ2v) is 10.3. The molecule has 1 aromatic carbocycles. The normalized spacial score (nSPS) is 12.4. The predicted octanol–water partition coefficient (Wildman–Crippen LogP) is 6.32. The average Bonchev–Trinajstić information content (AvgIpc) is 2.21. The molecule has 1 rings (SSSR count). The fourth-order valence-corrected chi connectivity index (χ4v) is 2.35. The van der Waals surface area contributed by atoms with Crippen molar-refractivity contribution in [2.75, 3.05) is 0 Å². The van der Waals surface area contributed by atoms with Crippen LogP contribution >= 0.6 is 38.8 Å². The molecule has 0 fully saturated rings. The highest BCUT2D eigenvalue weighted by molar-refractivity contribution is 8.26. The third-order valence-electron chi connectivity index (χ3n) is 1.95. The molecule has 0 saturated heterocycles. The lowest BCUT2D eigenvalue weighted by molar-refractivity contribution is -0.387. The molecule has 4 nitrogen and oxygen atoms in total. The van der Waals surface area contributed by atoms with Crippen LogP contribution in [0.15, 0.2) is 4.74 Å². The second kappa shape index (κ2) is 5.83. The number of alkyl halides is 3. The number of benzene rings is 1. The third-order valence-corrected chi connectivity index (χ3v) is 3.06. The first kappa shape index (κ1) is 18.3. The van der Waals surface area contributed by atoms with E-state index in [1.807, 2.05) is 0 Å². The Morgan fingerprint density at radius 3 is 1.86 bits per heavy atom. The molecule has 0 aliphatic rings. The van der Waals surface area contributed by atoms with E-state index < -0.39 is 50.6 Å². The Hall–Kier alpha value is -0.700. The van der Waals surface area contributed by atoms with Crippen LogP contribution in [0.4, 0.5) is 37.7 Å². The Bertz CT molecular complexity index is 665. The van der Waals surface area contributed by atoms with Crippen LogP contribution < -0.4 is 0 Å². The summed E-state index contributed by atoms with van der Waals surface area (Å²) in [5, 5.41) is 6.66. The van der Waals surface area contributed by atoms with Gasteiger partial charge in [0, 0.05) is 0 Å². The molecule has 0 bridgehead atoms. The molecule has 0 aromatic heterocycles. The van der Waals surface area contributed by atoms with Gasteiger partial charge < -0.3 is 0 Å². The van der Waals surface area contributed by atoms with Gasteiger partial charge in [-0.25, -0.2) is 13.5 Å². The first-order valence-electron chi connectivity index (χ1n) is 4.40. The molecule has 21 heavy (non-hydrogen) atoms. The van der Waals surface area contributed by atoms with Gasteiger partial charge >= 0.3 is 11.9 Å². The summed E-state index contributed by atoms with van der Waals surface area (Å²) < 4.78 is 80.5. The number of hydrogen-bond acceptors (Lipinski definition) is 3. The zero-order valence-electron chi connectivity index (χ0n) is 9.06. The van der Waals surface area contributed by atoms with Gasteiger partial charge in [0.1, 0.15) is 5.56 Å². The minimum atomic E-state index is -5.71. The van der Waals surface area contributed by atoms with E-state index in [1.165, 1.54) is 0 Å². The van der Waals surface area contributed by atoms with Crippen LogP contribution in [0.25, 0.3) is 0 Å². The Morgan fingerprint density at radius 1 is 1.05 bits per heavy atom. The highest BCUT2D eigenvalue weighted by atomic mass is 36.0. The van der Waals surface area contributed by atoms with E-state index in [1.54, 1.807) is 0 Å². The average molecular weight is 395 g/mol. The van der Waals surface area contributed by atoms with Gasteiger partial charge in [0.05, 0.1) is 4.92 Å². The van der Waals surface area contributed by atoms with Gasteiger partial charge in [0.2, 0.25) is 10.9 Å². The molecule has 1 aromatic rings. The van der Waals surface area contributed by atoms with E-state index in [0.717, 1.165) is 0 Å². The van der Waals surface area contributed by atoms with Crippen molar-refractivity contribution in [2.24, 2.45) is 4.74 Å². The summed E-state index contributed by atoms with van der Waals surface area (Å²) in [5.41, 5.74) is -6.59. The molecule has 0 amide bonds. The summed E-state index contributed by atoms with van der Waals surface area (Å²) in [5.74, 6) is -7.83. The minimum absolute atomic E-state index is 1.73. The maximum Gasteiger partial charge on any atom is 0.422 e. The Labute approximate surface area is 126 Å². The van der Waals surface area contributed by atoms with Gasteiger partial charge in [0.25, 0.3) is 0 Å². The van der Waals surface area contributed by atoms with Crippen LogP contribution in [0.5, 0.6) is 0 Å². The molecule has 0 N–H and O–H groups in total. The fraction of sp³-hybridized carbons (Fsp3) is 0.143. The Balaban J connectivity index is 3.99. The zero-order valence-corrected chi connectivity index (χ0v) is 12.2. The SMILES string of the molecule is O=[N+]([O-])c1c(F)c(C(F)(F)F)c(F)c(F)c1N=P(Cl)(Cl)Cl. The lowest BCUT2D eigenvalue weighted by atomic mass is 10.1. The largest absolute Gasteiger partial charge is 0.422 e. The lowest BCUT2D eigenvalue weighted by Gasteiger charge is -2.12. The van der Waals surface area contributed by atoms with Crippen LogP contribution in [0.2, 0.25) is 0 Å². The van der Waals surface area contributed by atoms with Crippen LogP contribution in [0.3, 0.4) is 0 Å². The third kappa shape index (κ3) is 3.94. The summed E-state index contributed by atoms with van der Waals surface area (Å²) in [4.78, 5) is 8.87. The van der Waals surface area contributed by atoms with Gasteiger partial charge in [-0.2, -0.15) is 17.6 Å². The Morgan fingerprint density at radius 2 is 1.52 bits per heavy atom. The monoisotopic (exact) mass is 394 g/mol. The first-order chi connectivity index (χ1) is 9.27. The van der Waals surface area contributed by atoms with Crippen LogP contribution in [0, 0.1) is 27.6 Å². The summed E-state index contributed by atoms with van der Waals surface area (Å²) in [7, 11) is 0. The molecule has 14 heteroatoms. The molecular formula is C7Cl3F6N2O2P. The predicted molar refractivity (Wildman–Crippen MR) is 64.5 cm³/mol. The van der Waals surface area contributed by atoms with Gasteiger partial charge in [-0.1, -0.05) is 0 Å². The molecule has 0 radical (unpaired) electrons. The van der Waals surface area contributed by atoms with Gasteiger partial charge in [-0.3, -0.25) is 10.1 Å². The van der Waals surface area contributed by atoms with Crippen molar-refractivity contribution in [1.82, 2.24) is 0 Å². The standard InChI is InChI=1S/C7Cl3F6N2O2P/c8-21(9,10)17-5-4(13)2(11)1(7(14,15)16)3(12)6(5)18(19)20. The van der Waals surface area contributed by atoms with Crippen molar-refractivity contribution in [3.05, 3.63) is 33.1 Å². The minimum Gasteiger partial charge on any atom is -0.258 e. The van der Waals surface area contributed by atoms with Crippen molar-refractivity contribution in [3.63, 3.8) is 0 Å². The second-order valence-electron chi connectivity index (χ2n) is 3.29. The highest BCUT2D eigenvalue weighted by Gasteiger charge is 2.45. The maximum absolute atomic E-state index is 13.6. The molecular weight excluding hydrogens is 395 g/mol. The van der Waals surface area contributed by atoms with E-state index in [9.17, 15) is 36.5 Å². The lowest BCUT2D eigenvalue weighted by Crippen LogP contribution is -2.15. The molecule has 0 spiro atoms. The topological polar surface area (TPSA) is 55.5 Å². The van der Waals surface area contributed by atoms with Crippen LogP contribution in [-0.4, -0.2) is 4.92 Å². The van der Waals surface area contributed by atoms with Crippen molar-refractivity contribution in [3.8, 4) is 0 Å². The maximum atomic E-state index is 13.6. The zero-order chi connectivity index (χ0) is 16.7. The Kier molecular flexibility index (Phi) is 5.09. The van der Waals surface area contributed by atoms with Crippen LogP contribution in [-0.2, 0) is 6.18 Å². The molecule has 0 heterocycles. The van der Waals surface area contributed by atoms with E-state index in [2.05, 4.69) is 4.74 Å². The smallest absolute Gasteiger partial charge is 0.258 e. The number of nitro benzene ring substituents is 1. The summed E-state index contributed by atoms with van der Waals surface area (Å²) in [6, 6.07) is 0. The highest BCUT2D eigenvalue weighted by Crippen LogP contribution is 2.67. The molecule has 0 atom stereocenters. The number of nitro groups is 1. The van der Waals surface area contributed by atoms with E-state index >= 15 is 0 Å². The quantitative estimate of drug-likeness (QED) is 0.193. The molecule has 0 unspecified atom stereocenters. The molecule has 118 valence electrons. The first-order valence-corrected chi connectivity index (χ1v) is 8.86. The number of nitrogens with zero attached hydrogens (tertiary/aromatic N) is 2. The van der Waals surface area contributed by atoms with Gasteiger partial charge in [0.15, 0.2) is 17.3 Å². The molecule has 0 aliphatic carbocycles. The van der Waals surface area contributed by atoms with E-state index in [0.29, 0.717) is 0 Å². The van der Waals surface area contributed by atoms with Crippen molar-refractivity contribution < 1.29 is 31.3 Å². The summed E-state index contributed by atoms with van der Waals surface area (Å²) >= 11 is 15.5.